The molecule has 0 saturated carbocycles. The van der Waals surface area contributed by atoms with Crippen LogP contribution >= 0.6 is 0 Å². The molecule has 0 radical (unpaired) electrons. The summed E-state index contributed by atoms with van der Waals surface area (Å²) in [6, 6.07) is 6.37. The van der Waals surface area contributed by atoms with E-state index in [4.69, 9.17) is 0 Å². The highest BCUT2D eigenvalue weighted by Crippen LogP contribution is 2.13. The standard InChI is InChI=1S/C15H23FN2O/c1-5-17-15(3,4)14(19)18(6-2)11-12-8-7-9-13(16)10-12/h7-10,17H,5-6,11H2,1-4H3. The van der Waals surface area contributed by atoms with E-state index >= 15 is 0 Å². The minimum absolute atomic E-state index is 0.0288. The molecule has 0 saturated heterocycles. The fourth-order valence-corrected chi connectivity index (χ4v) is 2.10. The second kappa shape index (κ2) is 6.66. The molecule has 0 atom stereocenters. The lowest BCUT2D eigenvalue weighted by Crippen LogP contribution is -2.53. The molecule has 0 heterocycles. The van der Waals surface area contributed by atoms with Crippen molar-refractivity contribution in [2.45, 2.75) is 39.8 Å². The van der Waals surface area contributed by atoms with E-state index in [9.17, 15) is 9.18 Å². The van der Waals surface area contributed by atoms with Crippen molar-refractivity contribution in [3.05, 3.63) is 35.6 Å². The Morgan fingerprint density at radius 3 is 2.58 bits per heavy atom. The van der Waals surface area contributed by atoms with Crippen molar-refractivity contribution in [1.82, 2.24) is 10.2 Å². The Labute approximate surface area is 114 Å². The van der Waals surface area contributed by atoms with Gasteiger partial charge in [-0.3, -0.25) is 4.79 Å². The third-order valence-electron chi connectivity index (χ3n) is 3.08. The van der Waals surface area contributed by atoms with E-state index in [-0.39, 0.29) is 11.7 Å². The third kappa shape index (κ3) is 4.31. The molecule has 0 aromatic heterocycles. The number of halogens is 1. The first-order valence-electron chi connectivity index (χ1n) is 6.69. The van der Waals surface area contributed by atoms with Crippen LogP contribution in [0.1, 0.15) is 33.3 Å². The van der Waals surface area contributed by atoms with Crippen molar-refractivity contribution in [2.24, 2.45) is 0 Å². The second-order valence-corrected chi connectivity index (χ2v) is 5.10. The zero-order valence-corrected chi connectivity index (χ0v) is 12.2. The maximum absolute atomic E-state index is 13.2. The molecule has 19 heavy (non-hydrogen) atoms. The van der Waals surface area contributed by atoms with Crippen molar-refractivity contribution in [1.29, 1.82) is 0 Å². The largest absolute Gasteiger partial charge is 0.337 e. The number of hydrogen-bond donors (Lipinski definition) is 1. The van der Waals surface area contributed by atoms with Crippen LogP contribution in [-0.2, 0) is 11.3 Å². The van der Waals surface area contributed by atoms with Gasteiger partial charge in [0.25, 0.3) is 0 Å². The molecule has 0 aliphatic carbocycles. The summed E-state index contributed by atoms with van der Waals surface area (Å²) < 4.78 is 13.2. The number of benzene rings is 1. The van der Waals surface area contributed by atoms with Crippen molar-refractivity contribution in [3.63, 3.8) is 0 Å². The highest BCUT2D eigenvalue weighted by Gasteiger charge is 2.30. The van der Waals surface area contributed by atoms with Crippen molar-refractivity contribution < 1.29 is 9.18 Å². The van der Waals surface area contributed by atoms with E-state index in [1.54, 1.807) is 11.0 Å². The first-order chi connectivity index (χ1) is 8.90. The zero-order chi connectivity index (χ0) is 14.5. The molecule has 0 bridgehead atoms. The Kier molecular flexibility index (Phi) is 5.48. The van der Waals surface area contributed by atoms with Gasteiger partial charge in [-0.1, -0.05) is 19.1 Å². The number of carbonyl (C=O) groups excluding carboxylic acids is 1. The van der Waals surface area contributed by atoms with Crippen LogP contribution < -0.4 is 5.32 Å². The maximum Gasteiger partial charge on any atom is 0.242 e. The van der Waals surface area contributed by atoms with Gasteiger partial charge in [0.15, 0.2) is 0 Å². The van der Waals surface area contributed by atoms with Crippen LogP contribution in [0, 0.1) is 5.82 Å². The van der Waals surface area contributed by atoms with Crippen LogP contribution in [0.4, 0.5) is 4.39 Å². The van der Waals surface area contributed by atoms with Gasteiger partial charge < -0.3 is 10.2 Å². The molecule has 1 aromatic rings. The zero-order valence-electron chi connectivity index (χ0n) is 12.2. The summed E-state index contributed by atoms with van der Waals surface area (Å²) >= 11 is 0. The summed E-state index contributed by atoms with van der Waals surface area (Å²) in [5, 5.41) is 3.17. The molecule has 0 spiro atoms. The van der Waals surface area contributed by atoms with E-state index in [1.807, 2.05) is 33.8 Å². The molecular weight excluding hydrogens is 243 g/mol. The summed E-state index contributed by atoms with van der Waals surface area (Å²) in [7, 11) is 0. The number of rotatable bonds is 6. The number of nitrogens with one attached hydrogen (secondary N) is 1. The summed E-state index contributed by atoms with van der Waals surface area (Å²) in [5.74, 6) is -0.243. The molecule has 0 aliphatic rings. The van der Waals surface area contributed by atoms with Crippen LogP contribution in [0.3, 0.4) is 0 Å². The number of carbonyl (C=O) groups is 1. The quantitative estimate of drug-likeness (QED) is 0.858. The van der Waals surface area contributed by atoms with Gasteiger partial charge in [0.2, 0.25) is 5.91 Å². The highest BCUT2D eigenvalue weighted by atomic mass is 19.1. The van der Waals surface area contributed by atoms with Crippen LogP contribution in [0.15, 0.2) is 24.3 Å². The van der Waals surface area contributed by atoms with Crippen LogP contribution in [0.5, 0.6) is 0 Å². The Bertz CT molecular complexity index is 432. The van der Waals surface area contributed by atoms with Gasteiger partial charge in [0.05, 0.1) is 5.54 Å². The SMILES string of the molecule is CCNC(C)(C)C(=O)N(CC)Cc1cccc(F)c1. The lowest BCUT2D eigenvalue weighted by atomic mass is 10.0. The molecule has 1 rings (SSSR count). The first kappa shape index (κ1) is 15.6. The van der Waals surface area contributed by atoms with Crippen LogP contribution in [0.25, 0.3) is 0 Å². The van der Waals surface area contributed by atoms with Gasteiger partial charge in [0, 0.05) is 13.1 Å². The van der Waals surface area contributed by atoms with Crippen molar-refractivity contribution in [2.75, 3.05) is 13.1 Å². The topological polar surface area (TPSA) is 32.3 Å². The normalized spacial score (nSPS) is 11.4. The van der Waals surface area contributed by atoms with Gasteiger partial charge in [-0.2, -0.15) is 0 Å². The fourth-order valence-electron chi connectivity index (χ4n) is 2.10. The lowest BCUT2D eigenvalue weighted by Gasteiger charge is -2.32. The predicted molar refractivity (Wildman–Crippen MR) is 75.2 cm³/mol. The Morgan fingerprint density at radius 1 is 1.37 bits per heavy atom. The molecule has 1 aromatic carbocycles. The first-order valence-corrected chi connectivity index (χ1v) is 6.69. The minimum atomic E-state index is -0.599. The van der Waals surface area contributed by atoms with E-state index < -0.39 is 5.54 Å². The van der Waals surface area contributed by atoms with E-state index in [0.717, 1.165) is 12.1 Å². The van der Waals surface area contributed by atoms with Gasteiger partial charge in [0.1, 0.15) is 5.82 Å². The minimum Gasteiger partial charge on any atom is -0.337 e. The van der Waals surface area contributed by atoms with Gasteiger partial charge in [-0.05, 0) is 45.0 Å². The maximum atomic E-state index is 13.2. The number of nitrogens with zero attached hydrogens (tertiary/aromatic N) is 1. The molecule has 0 aliphatic heterocycles. The highest BCUT2D eigenvalue weighted by molar-refractivity contribution is 5.85. The summed E-state index contributed by atoms with van der Waals surface area (Å²) in [6.07, 6.45) is 0. The Hall–Kier alpha value is -1.42. The third-order valence-corrected chi connectivity index (χ3v) is 3.08. The molecule has 3 nitrogen and oxygen atoms in total. The van der Waals surface area contributed by atoms with E-state index in [0.29, 0.717) is 13.1 Å². The van der Waals surface area contributed by atoms with Crippen LogP contribution in [0.2, 0.25) is 0 Å². The second-order valence-electron chi connectivity index (χ2n) is 5.10. The van der Waals surface area contributed by atoms with Crippen molar-refractivity contribution in [3.8, 4) is 0 Å². The predicted octanol–water partition coefficient (Wildman–Crippen LogP) is 2.56. The summed E-state index contributed by atoms with van der Waals surface area (Å²) in [5.41, 5.74) is 0.209. The molecule has 1 amide bonds. The molecular formula is C15H23FN2O. The van der Waals surface area contributed by atoms with Gasteiger partial charge in [-0.25, -0.2) is 4.39 Å². The summed E-state index contributed by atoms with van der Waals surface area (Å²) in [4.78, 5) is 14.2. The average molecular weight is 266 g/mol. The summed E-state index contributed by atoms with van der Waals surface area (Å²) in [6.45, 7) is 9.40. The molecule has 0 unspecified atom stereocenters. The Morgan fingerprint density at radius 2 is 2.05 bits per heavy atom. The fraction of sp³-hybridized carbons (Fsp3) is 0.533. The molecule has 106 valence electrons. The molecule has 1 N–H and O–H groups in total. The number of amides is 1. The monoisotopic (exact) mass is 266 g/mol. The van der Waals surface area contributed by atoms with Gasteiger partial charge in [-0.15, -0.1) is 0 Å². The molecule has 4 heteroatoms. The van der Waals surface area contributed by atoms with Crippen LogP contribution in [-0.4, -0.2) is 29.4 Å². The number of hydrogen-bond acceptors (Lipinski definition) is 2. The van der Waals surface area contributed by atoms with E-state index in [2.05, 4.69) is 5.32 Å². The smallest absolute Gasteiger partial charge is 0.242 e. The Balaban J connectivity index is 2.81. The number of likely N-dealkylation sites (N-methyl/N-ethyl adjacent to an activating group) is 2. The average Bonchev–Trinajstić information content (AvgIpc) is 2.35. The molecule has 0 fully saturated rings. The van der Waals surface area contributed by atoms with E-state index in [1.165, 1.54) is 12.1 Å². The van der Waals surface area contributed by atoms with Crippen molar-refractivity contribution >= 4 is 5.91 Å². The lowest BCUT2D eigenvalue weighted by molar-refractivity contribution is -0.137. The van der Waals surface area contributed by atoms with Gasteiger partial charge >= 0.3 is 0 Å².